The van der Waals surface area contributed by atoms with Gasteiger partial charge in [-0.05, 0) is 12.5 Å². The van der Waals surface area contributed by atoms with E-state index in [2.05, 4.69) is 21.9 Å². The number of rotatable bonds is 0. The molecule has 0 spiro atoms. The second-order valence-electron chi connectivity index (χ2n) is 3.33. The number of urea groups is 1. The third-order valence-corrected chi connectivity index (χ3v) is 2.28. The Labute approximate surface area is 81.7 Å². The average Bonchev–Trinajstić information content (AvgIpc) is 2.57. The minimum Gasteiger partial charge on any atom is -0.350 e. The lowest BCUT2D eigenvalue weighted by Gasteiger charge is -2.10. The van der Waals surface area contributed by atoms with Crippen molar-refractivity contribution in [2.45, 2.75) is 12.8 Å². The number of carbonyl (C=O) groups is 1. The molecule has 0 saturated heterocycles. The predicted octanol–water partition coefficient (Wildman–Crippen LogP) is 0.421. The van der Waals surface area contributed by atoms with Crippen molar-refractivity contribution in [2.75, 3.05) is 0 Å². The van der Waals surface area contributed by atoms with Crippen LogP contribution in [-0.2, 0) is 0 Å². The molecule has 0 aromatic rings. The van der Waals surface area contributed by atoms with Crippen LogP contribution in [0, 0.1) is 5.92 Å². The van der Waals surface area contributed by atoms with Crippen molar-refractivity contribution in [3.05, 3.63) is 23.9 Å². The SMILES string of the molecule is NC(=O)NNC1=NC2=CC=CCC2C1. The lowest BCUT2D eigenvalue weighted by atomic mass is 9.96. The number of nitrogens with zero attached hydrogens (tertiary/aromatic N) is 1. The van der Waals surface area contributed by atoms with E-state index in [1.165, 1.54) is 0 Å². The van der Waals surface area contributed by atoms with Gasteiger partial charge in [-0.25, -0.2) is 9.79 Å². The highest BCUT2D eigenvalue weighted by Gasteiger charge is 2.23. The maximum atomic E-state index is 10.4. The highest BCUT2D eigenvalue weighted by atomic mass is 16.2. The summed E-state index contributed by atoms with van der Waals surface area (Å²) < 4.78 is 0. The predicted molar refractivity (Wildman–Crippen MR) is 53.2 cm³/mol. The Morgan fingerprint density at radius 2 is 2.50 bits per heavy atom. The highest BCUT2D eigenvalue weighted by Crippen LogP contribution is 2.29. The molecular formula is C9H12N4O. The van der Waals surface area contributed by atoms with Crippen LogP contribution in [0.5, 0.6) is 0 Å². The van der Waals surface area contributed by atoms with E-state index in [1.54, 1.807) is 0 Å². The van der Waals surface area contributed by atoms with Crippen LogP contribution in [-0.4, -0.2) is 11.9 Å². The molecule has 0 saturated carbocycles. The van der Waals surface area contributed by atoms with Crippen molar-refractivity contribution < 1.29 is 4.79 Å². The summed E-state index contributed by atoms with van der Waals surface area (Å²) in [6, 6.07) is -0.602. The zero-order valence-corrected chi connectivity index (χ0v) is 7.66. The molecule has 1 heterocycles. The second kappa shape index (κ2) is 3.53. The van der Waals surface area contributed by atoms with Gasteiger partial charge in [0.15, 0.2) is 0 Å². The smallest absolute Gasteiger partial charge is 0.330 e. The molecule has 5 nitrogen and oxygen atoms in total. The first-order valence-electron chi connectivity index (χ1n) is 4.51. The molecule has 0 aromatic heterocycles. The Bertz CT molecular complexity index is 343. The molecule has 5 heteroatoms. The number of amidine groups is 1. The standard InChI is InChI=1S/C9H12N4O/c10-9(14)13-12-8-5-6-3-1-2-4-7(6)11-8/h1-2,4,6H,3,5H2,(H,11,12)(H3,10,13,14). The molecule has 14 heavy (non-hydrogen) atoms. The number of aliphatic imine (C=N–C) groups is 1. The molecular weight excluding hydrogens is 180 g/mol. The largest absolute Gasteiger partial charge is 0.350 e. The number of primary amides is 1. The lowest BCUT2D eigenvalue weighted by Crippen LogP contribution is -2.44. The van der Waals surface area contributed by atoms with Crippen LogP contribution in [0.3, 0.4) is 0 Å². The van der Waals surface area contributed by atoms with Crippen molar-refractivity contribution >= 4 is 11.9 Å². The number of hydrogen-bond donors (Lipinski definition) is 3. The Balaban J connectivity index is 1.97. The zero-order valence-electron chi connectivity index (χ0n) is 7.66. The van der Waals surface area contributed by atoms with E-state index in [0.717, 1.165) is 24.4 Å². The monoisotopic (exact) mass is 192 g/mol. The van der Waals surface area contributed by atoms with Gasteiger partial charge in [-0.3, -0.25) is 10.9 Å². The van der Waals surface area contributed by atoms with Crippen molar-refractivity contribution in [3.8, 4) is 0 Å². The maximum Gasteiger partial charge on any atom is 0.330 e. The minimum absolute atomic E-state index is 0.456. The molecule has 2 rings (SSSR count). The van der Waals surface area contributed by atoms with E-state index in [-0.39, 0.29) is 0 Å². The van der Waals surface area contributed by atoms with E-state index < -0.39 is 6.03 Å². The summed E-state index contributed by atoms with van der Waals surface area (Å²) >= 11 is 0. The van der Waals surface area contributed by atoms with Gasteiger partial charge in [0.1, 0.15) is 5.84 Å². The molecule has 1 atom stereocenters. The Morgan fingerprint density at radius 1 is 1.64 bits per heavy atom. The normalized spacial score (nSPS) is 23.6. The van der Waals surface area contributed by atoms with Gasteiger partial charge in [0.2, 0.25) is 0 Å². The zero-order chi connectivity index (χ0) is 9.97. The number of amides is 2. The van der Waals surface area contributed by atoms with Crippen LogP contribution in [0.1, 0.15) is 12.8 Å². The van der Waals surface area contributed by atoms with Crippen molar-refractivity contribution in [1.82, 2.24) is 10.9 Å². The number of allylic oxidation sites excluding steroid dienone is 4. The first-order chi connectivity index (χ1) is 6.75. The van der Waals surface area contributed by atoms with Crippen molar-refractivity contribution in [2.24, 2.45) is 16.6 Å². The van der Waals surface area contributed by atoms with E-state index in [1.807, 2.05) is 12.2 Å². The molecule has 4 N–H and O–H groups in total. The summed E-state index contributed by atoms with van der Waals surface area (Å²) in [4.78, 5) is 14.8. The van der Waals surface area contributed by atoms with Crippen LogP contribution in [0.2, 0.25) is 0 Å². The fourth-order valence-corrected chi connectivity index (χ4v) is 1.63. The Hall–Kier alpha value is -1.78. The molecule has 0 fully saturated rings. The van der Waals surface area contributed by atoms with E-state index in [9.17, 15) is 4.79 Å². The topological polar surface area (TPSA) is 79.5 Å². The number of hydrazine groups is 1. The molecule has 74 valence electrons. The van der Waals surface area contributed by atoms with E-state index in [4.69, 9.17) is 5.73 Å². The van der Waals surface area contributed by atoms with E-state index >= 15 is 0 Å². The Morgan fingerprint density at radius 3 is 3.21 bits per heavy atom. The summed E-state index contributed by atoms with van der Waals surface area (Å²) in [7, 11) is 0. The lowest BCUT2D eigenvalue weighted by molar-refractivity contribution is 0.247. The van der Waals surface area contributed by atoms with Gasteiger partial charge in [0, 0.05) is 18.0 Å². The van der Waals surface area contributed by atoms with Crippen molar-refractivity contribution in [3.63, 3.8) is 0 Å². The molecule has 2 aliphatic rings. The summed E-state index contributed by atoms with van der Waals surface area (Å²) in [5.74, 6) is 1.22. The molecule has 0 bridgehead atoms. The molecule has 1 aliphatic heterocycles. The van der Waals surface area contributed by atoms with Gasteiger partial charge in [-0.1, -0.05) is 12.2 Å². The molecule has 2 amide bonds. The number of nitrogens with two attached hydrogens (primary N) is 1. The van der Waals surface area contributed by atoms with Crippen LogP contribution >= 0.6 is 0 Å². The van der Waals surface area contributed by atoms with Crippen LogP contribution in [0.15, 0.2) is 28.9 Å². The van der Waals surface area contributed by atoms with Crippen LogP contribution in [0.25, 0.3) is 0 Å². The number of nitrogens with one attached hydrogen (secondary N) is 2. The Kier molecular flexibility index (Phi) is 2.22. The summed E-state index contributed by atoms with van der Waals surface area (Å²) in [5.41, 5.74) is 11.0. The quantitative estimate of drug-likeness (QED) is 0.486. The van der Waals surface area contributed by atoms with Crippen LogP contribution in [0.4, 0.5) is 4.79 Å². The maximum absolute atomic E-state index is 10.4. The molecule has 0 radical (unpaired) electrons. The number of fused-ring (bicyclic) bond motifs is 1. The molecule has 0 aromatic carbocycles. The molecule has 1 aliphatic carbocycles. The summed E-state index contributed by atoms with van der Waals surface area (Å²) in [6.45, 7) is 0. The number of hydrogen-bond acceptors (Lipinski definition) is 3. The molecule has 1 unspecified atom stereocenters. The minimum atomic E-state index is -0.602. The highest BCUT2D eigenvalue weighted by molar-refractivity contribution is 5.88. The fourth-order valence-electron chi connectivity index (χ4n) is 1.63. The average molecular weight is 192 g/mol. The van der Waals surface area contributed by atoms with Gasteiger partial charge < -0.3 is 5.73 Å². The van der Waals surface area contributed by atoms with Crippen molar-refractivity contribution in [1.29, 1.82) is 0 Å². The van der Waals surface area contributed by atoms with Gasteiger partial charge in [0.05, 0.1) is 0 Å². The van der Waals surface area contributed by atoms with Gasteiger partial charge >= 0.3 is 6.03 Å². The van der Waals surface area contributed by atoms with E-state index in [0.29, 0.717) is 5.92 Å². The third-order valence-electron chi connectivity index (χ3n) is 2.28. The second-order valence-corrected chi connectivity index (χ2v) is 3.33. The fraction of sp³-hybridized carbons (Fsp3) is 0.333. The van der Waals surface area contributed by atoms with Crippen LogP contribution < -0.4 is 16.6 Å². The third kappa shape index (κ3) is 1.76. The van der Waals surface area contributed by atoms with Gasteiger partial charge in [-0.15, -0.1) is 0 Å². The summed E-state index contributed by atoms with van der Waals surface area (Å²) in [6.07, 6.45) is 7.95. The summed E-state index contributed by atoms with van der Waals surface area (Å²) in [5, 5.41) is 0. The van der Waals surface area contributed by atoms with Gasteiger partial charge in [-0.2, -0.15) is 0 Å². The van der Waals surface area contributed by atoms with Gasteiger partial charge in [0.25, 0.3) is 0 Å². The number of carbonyl (C=O) groups excluding carboxylic acids is 1. The first kappa shape index (κ1) is 8.80. The first-order valence-corrected chi connectivity index (χ1v) is 4.51.